The van der Waals surface area contributed by atoms with Gasteiger partial charge in [0.25, 0.3) is 5.91 Å². The van der Waals surface area contributed by atoms with E-state index in [9.17, 15) is 9.59 Å². The summed E-state index contributed by atoms with van der Waals surface area (Å²) in [5, 5.41) is 5.92. The molecule has 0 aliphatic heterocycles. The van der Waals surface area contributed by atoms with Gasteiger partial charge in [-0.15, -0.1) is 22.9 Å². The first kappa shape index (κ1) is 19.1. The number of carbonyl (C=O) groups excluding carboxylic acids is 2. The standard InChI is InChI=1S/C16H15Cl3N2O2S/c17-8-14(22)20-6-5-10-1-3-11(4-2-10)9-21-16(23)13-7-12(18)15(19)24-13/h1-4,7H,5-6,8-9H2,(H,20,22)(H,21,23). The van der Waals surface area contributed by atoms with Crippen molar-refractivity contribution in [2.75, 3.05) is 12.4 Å². The van der Waals surface area contributed by atoms with Gasteiger partial charge in [0.05, 0.1) is 9.90 Å². The van der Waals surface area contributed by atoms with E-state index in [0.29, 0.717) is 27.3 Å². The lowest BCUT2D eigenvalue weighted by atomic mass is 10.1. The maximum Gasteiger partial charge on any atom is 0.261 e. The Morgan fingerprint density at radius 1 is 1.04 bits per heavy atom. The molecule has 0 spiro atoms. The molecule has 128 valence electrons. The summed E-state index contributed by atoms with van der Waals surface area (Å²) in [7, 11) is 0. The molecule has 1 heterocycles. The van der Waals surface area contributed by atoms with Crippen LogP contribution < -0.4 is 10.6 Å². The van der Waals surface area contributed by atoms with Gasteiger partial charge in [0.1, 0.15) is 10.2 Å². The molecular weight excluding hydrogens is 391 g/mol. The zero-order chi connectivity index (χ0) is 17.5. The number of carbonyl (C=O) groups is 2. The zero-order valence-electron chi connectivity index (χ0n) is 12.6. The number of benzene rings is 1. The second-order valence-electron chi connectivity index (χ2n) is 4.97. The maximum absolute atomic E-state index is 12.0. The van der Waals surface area contributed by atoms with Gasteiger partial charge in [-0.1, -0.05) is 47.5 Å². The minimum Gasteiger partial charge on any atom is -0.355 e. The Labute approximate surface area is 159 Å². The Bertz CT molecular complexity index is 697. The van der Waals surface area contributed by atoms with Crippen LogP contribution in [0.25, 0.3) is 0 Å². The van der Waals surface area contributed by atoms with Gasteiger partial charge in [-0.05, 0) is 23.6 Å². The van der Waals surface area contributed by atoms with Crippen molar-refractivity contribution < 1.29 is 9.59 Å². The molecule has 0 bridgehead atoms. The third kappa shape index (κ3) is 5.67. The molecule has 24 heavy (non-hydrogen) atoms. The highest BCUT2D eigenvalue weighted by molar-refractivity contribution is 7.18. The van der Waals surface area contributed by atoms with Crippen LogP contribution in [0.2, 0.25) is 9.36 Å². The molecule has 0 fully saturated rings. The molecule has 1 aromatic carbocycles. The number of nitrogens with one attached hydrogen (secondary N) is 2. The molecule has 0 saturated carbocycles. The highest BCUT2D eigenvalue weighted by atomic mass is 35.5. The monoisotopic (exact) mass is 404 g/mol. The second-order valence-corrected chi connectivity index (χ2v) is 7.29. The smallest absolute Gasteiger partial charge is 0.261 e. The first-order valence-corrected chi connectivity index (χ1v) is 9.24. The van der Waals surface area contributed by atoms with Crippen LogP contribution >= 0.6 is 46.1 Å². The summed E-state index contributed by atoms with van der Waals surface area (Å²) < 4.78 is 0.410. The van der Waals surface area contributed by atoms with Gasteiger partial charge in [0, 0.05) is 13.1 Å². The number of thiophene rings is 1. The number of hydrogen-bond acceptors (Lipinski definition) is 3. The Morgan fingerprint density at radius 2 is 1.71 bits per heavy atom. The van der Waals surface area contributed by atoms with Crippen molar-refractivity contribution in [2.24, 2.45) is 0 Å². The van der Waals surface area contributed by atoms with Crippen molar-refractivity contribution in [2.45, 2.75) is 13.0 Å². The summed E-state index contributed by atoms with van der Waals surface area (Å²) in [6, 6.07) is 9.36. The van der Waals surface area contributed by atoms with Gasteiger partial charge in [-0.3, -0.25) is 9.59 Å². The van der Waals surface area contributed by atoms with Gasteiger partial charge in [-0.2, -0.15) is 0 Å². The maximum atomic E-state index is 12.0. The van der Waals surface area contributed by atoms with E-state index in [1.54, 1.807) is 6.07 Å². The van der Waals surface area contributed by atoms with E-state index < -0.39 is 0 Å². The van der Waals surface area contributed by atoms with E-state index in [0.717, 1.165) is 28.9 Å². The Balaban J connectivity index is 1.81. The van der Waals surface area contributed by atoms with Crippen LogP contribution in [0.1, 0.15) is 20.8 Å². The first-order valence-electron chi connectivity index (χ1n) is 7.13. The molecule has 0 radical (unpaired) electrons. The number of amides is 2. The van der Waals surface area contributed by atoms with Gasteiger partial charge >= 0.3 is 0 Å². The molecule has 2 N–H and O–H groups in total. The Morgan fingerprint density at radius 3 is 2.29 bits per heavy atom. The largest absolute Gasteiger partial charge is 0.355 e. The summed E-state index contributed by atoms with van der Waals surface area (Å²) in [6.45, 7) is 0.955. The predicted octanol–water partition coefficient (Wildman–Crippen LogP) is 3.88. The fourth-order valence-corrected chi connectivity index (χ4v) is 3.32. The third-order valence-electron chi connectivity index (χ3n) is 3.20. The number of alkyl halides is 1. The SMILES string of the molecule is O=C(CCl)NCCc1ccc(CNC(=O)c2cc(Cl)c(Cl)s2)cc1. The normalized spacial score (nSPS) is 10.5. The molecule has 2 aromatic rings. The fraction of sp³-hybridized carbons (Fsp3) is 0.250. The van der Waals surface area contributed by atoms with Crippen LogP contribution in [-0.4, -0.2) is 24.2 Å². The summed E-state index contributed by atoms with van der Waals surface area (Å²) in [4.78, 5) is 23.5. The second kappa shape index (κ2) is 9.28. The zero-order valence-corrected chi connectivity index (χ0v) is 15.7. The van der Waals surface area contributed by atoms with Crippen LogP contribution in [0.15, 0.2) is 30.3 Å². The molecule has 2 rings (SSSR count). The lowest BCUT2D eigenvalue weighted by Gasteiger charge is -2.06. The van der Waals surface area contributed by atoms with E-state index >= 15 is 0 Å². The molecule has 8 heteroatoms. The van der Waals surface area contributed by atoms with E-state index in [1.165, 1.54) is 0 Å². The molecule has 2 amide bonds. The average molecular weight is 406 g/mol. The predicted molar refractivity (Wildman–Crippen MR) is 99.4 cm³/mol. The van der Waals surface area contributed by atoms with E-state index in [-0.39, 0.29) is 17.7 Å². The summed E-state index contributed by atoms with van der Waals surface area (Å²) in [5.74, 6) is -0.411. The van der Waals surface area contributed by atoms with E-state index in [4.69, 9.17) is 34.8 Å². The van der Waals surface area contributed by atoms with Gasteiger partial charge in [0.15, 0.2) is 0 Å². The summed E-state index contributed by atoms with van der Waals surface area (Å²) in [5.41, 5.74) is 2.07. The molecule has 0 aliphatic rings. The lowest BCUT2D eigenvalue weighted by molar-refractivity contribution is -0.118. The number of rotatable bonds is 7. The number of hydrogen-bond donors (Lipinski definition) is 2. The topological polar surface area (TPSA) is 58.2 Å². The van der Waals surface area contributed by atoms with Gasteiger partial charge < -0.3 is 10.6 Å². The van der Waals surface area contributed by atoms with Crippen molar-refractivity contribution in [1.82, 2.24) is 10.6 Å². The van der Waals surface area contributed by atoms with Gasteiger partial charge in [0.2, 0.25) is 5.91 Å². The minimum absolute atomic E-state index is 0.0285. The first-order chi connectivity index (χ1) is 11.5. The van der Waals surface area contributed by atoms with Gasteiger partial charge in [-0.25, -0.2) is 0 Å². The Hall–Kier alpha value is -1.27. The summed E-state index contributed by atoms with van der Waals surface area (Å²) in [6.07, 6.45) is 0.724. The Kier molecular flexibility index (Phi) is 7.37. The van der Waals surface area contributed by atoms with Crippen LogP contribution in [0, 0.1) is 0 Å². The quantitative estimate of drug-likeness (QED) is 0.687. The van der Waals surface area contributed by atoms with E-state index in [1.807, 2.05) is 24.3 Å². The van der Waals surface area contributed by atoms with Crippen LogP contribution in [0.4, 0.5) is 0 Å². The molecule has 0 unspecified atom stereocenters. The van der Waals surface area contributed by atoms with Crippen LogP contribution in [0.5, 0.6) is 0 Å². The molecule has 4 nitrogen and oxygen atoms in total. The van der Waals surface area contributed by atoms with E-state index in [2.05, 4.69) is 10.6 Å². The molecule has 0 saturated heterocycles. The van der Waals surface area contributed by atoms with Crippen LogP contribution in [0.3, 0.4) is 0 Å². The molecule has 1 aromatic heterocycles. The van der Waals surface area contributed by atoms with Crippen molar-refractivity contribution >= 4 is 58.0 Å². The fourth-order valence-electron chi connectivity index (χ4n) is 1.95. The van der Waals surface area contributed by atoms with Crippen molar-refractivity contribution in [3.63, 3.8) is 0 Å². The van der Waals surface area contributed by atoms with Crippen molar-refractivity contribution in [3.05, 3.63) is 55.7 Å². The van der Waals surface area contributed by atoms with Crippen molar-refractivity contribution in [3.8, 4) is 0 Å². The number of halogens is 3. The highest BCUT2D eigenvalue weighted by Gasteiger charge is 2.12. The highest BCUT2D eigenvalue weighted by Crippen LogP contribution is 2.31. The third-order valence-corrected chi connectivity index (χ3v) is 5.31. The van der Waals surface area contributed by atoms with Crippen LogP contribution in [-0.2, 0) is 17.8 Å². The lowest BCUT2D eigenvalue weighted by Crippen LogP contribution is -2.26. The summed E-state index contributed by atoms with van der Waals surface area (Å²) >= 11 is 18.3. The molecule has 0 atom stereocenters. The average Bonchev–Trinajstić information content (AvgIpc) is 2.93. The molecular formula is C16H15Cl3N2O2S. The molecule has 0 aliphatic carbocycles. The van der Waals surface area contributed by atoms with Crippen molar-refractivity contribution in [1.29, 1.82) is 0 Å². The minimum atomic E-state index is -0.207.